The molecule has 36 heavy (non-hydrogen) atoms. The summed E-state index contributed by atoms with van der Waals surface area (Å²) >= 11 is 6.58. The Kier molecular flexibility index (Phi) is 5.98. The fourth-order valence-corrected chi connectivity index (χ4v) is 5.55. The minimum Gasteiger partial charge on any atom is -0.360 e. The SMILES string of the molecule is Cc1ccc2c(-c3nc(Nc4cc(CN5CCNC(C)(C)C5)cc(C5CC5)c4)ncc3Cl)c[nH]c2c1. The lowest BCUT2D eigenvalue weighted by molar-refractivity contribution is 0.148. The zero-order chi connectivity index (χ0) is 24.9. The molecule has 0 atom stereocenters. The quantitative estimate of drug-likeness (QED) is 0.286. The van der Waals surface area contributed by atoms with Crippen molar-refractivity contribution in [3.05, 3.63) is 70.5 Å². The van der Waals surface area contributed by atoms with Crippen LogP contribution in [0.4, 0.5) is 11.6 Å². The van der Waals surface area contributed by atoms with Gasteiger partial charge in [-0.25, -0.2) is 9.97 Å². The van der Waals surface area contributed by atoms with Crippen molar-refractivity contribution in [2.75, 3.05) is 25.0 Å². The molecule has 0 spiro atoms. The number of aromatic amines is 1. The molecular formula is C29H33ClN6. The van der Waals surface area contributed by atoms with Crippen LogP contribution in [0.1, 0.15) is 49.3 Å². The number of aromatic nitrogens is 3. The predicted molar refractivity (Wildman–Crippen MR) is 148 cm³/mol. The van der Waals surface area contributed by atoms with E-state index in [-0.39, 0.29) is 5.54 Å². The summed E-state index contributed by atoms with van der Waals surface area (Å²) in [5.74, 6) is 1.22. The maximum absolute atomic E-state index is 6.58. The van der Waals surface area contributed by atoms with Gasteiger partial charge in [0, 0.05) is 60.1 Å². The highest BCUT2D eigenvalue weighted by atomic mass is 35.5. The Bertz CT molecular complexity index is 1420. The smallest absolute Gasteiger partial charge is 0.227 e. The molecule has 4 aromatic rings. The summed E-state index contributed by atoms with van der Waals surface area (Å²) < 4.78 is 0. The summed E-state index contributed by atoms with van der Waals surface area (Å²) in [6, 6.07) is 13.3. The Morgan fingerprint density at radius 1 is 1.17 bits per heavy atom. The maximum Gasteiger partial charge on any atom is 0.227 e. The molecule has 2 fully saturated rings. The number of piperazine rings is 1. The van der Waals surface area contributed by atoms with Gasteiger partial charge in [-0.3, -0.25) is 4.90 Å². The molecule has 1 aliphatic heterocycles. The van der Waals surface area contributed by atoms with Crippen molar-refractivity contribution >= 4 is 34.1 Å². The van der Waals surface area contributed by atoms with Gasteiger partial charge in [-0.2, -0.15) is 0 Å². The number of benzene rings is 2. The molecule has 2 aliphatic rings. The van der Waals surface area contributed by atoms with Gasteiger partial charge in [0.25, 0.3) is 0 Å². The zero-order valence-electron chi connectivity index (χ0n) is 21.2. The average molecular weight is 501 g/mol. The van der Waals surface area contributed by atoms with Crippen molar-refractivity contribution < 1.29 is 0 Å². The average Bonchev–Trinajstić information content (AvgIpc) is 3.60. The maximum atomic E-state index is 6.58. The number of anilines is 2. The first kappa shape index (κ1) is 23.5. The minimum atomic E-state index is 0.141. The van der Waals surface area contributed by atoms with Gasteiger partial charge in [-0.15, -0.1) is 0 Å². The van der Waals surface area contributed by atoms with E-state index in [1.54, 1.807) is 6.20 Å². The van der Waals surface area contributed by atoms with E-state index >= 15 is 0 Å². The summed E-state index contributed by atoms with van der Waals surface area (Å²) in [7, 11) is 0. The van der Waals surface area contributed by atoms with Gasteiger partial charge in [0.05, 0.1) is 16.9 Å². The molecule has 0 unspecified atom stereocenters. The number of aryl methyl sites for hydroxylation is 1. The lowest BCUT2D eigenvalue weighted by Crippen LogP contribution is -2.56. The number of hydrogen-bond donors (Lipinski definition) is 3. The molecule has 2 aromatic heterocycles. The van der Waals surface area contributed by atoms with Crippen LogP contribution in [0.25, 0.3) is 22.2 Å². The standard InChI is InChI=1S/C29H33ClN6/c1-18-4-7-23-24(14-31-26(23)10-18)27-25(30)15-32-28(35-27)34-22-12-19(11-21(13-22)20-5-6-20)16-36-9-8-33-29(2,3)17-36/h4,7,10-15,20,31,33H,5-6,8-9,16-17H2,1-3H3,(H,32,34,35). The highest BCUT2D eigenvalue weighted by Crippen LogP contribution is 2.42. The fraction of sp³-hybridized carbons (Fsp3) is 0.379. The second-order valence-corrected chi connectivity index (χ2v) is 11.4. The third-order valence-corrected chi connectivity index (χ3v) is 7.49. The molecule has 7 heteroatoms. The second-order valence-electron chi connectivity index (χ2n) is 11.0. The number of halogens is 1. The van der Waals surface area contributed by atoms with Crippen LogP contribution in [0, 0.1) is 6.92 Å². The first-order valence-electron chi connectivity index (χ1n) is 12.8. The van der Waals surface area contributed by atoms with Crippen LogP contribution in [0.5, 0.6) is 0 Å². The van der Waals surface area contributed by atoms with Gasteiger partial charge in [0.1, 0.15) is 0 Å². The van der Waals surface area contributed by atoms with Gasteiger partial charge in [0.2, 0.25) is 5.95 Å². The van der Waals surface area contributed by atoms with Crippen molar-refractivity contribution in [2.45, 2.75) is 51.6 Å². The number of nitrogens with one attached hydrogen (secondary N) is 3. The normalized spacial score (nSPS) is 18.0. The second kappa shape index (κ2) is 9.18. The molecule has 1 saturated carbocycles. The summed E-state index contributed by atoms with van der Waals surface area (Å²) in [5, 5.41) is 8.73. The topological polar surface area (TPSA) is 68.9 Å². The van der Waals surface area contributed by atoms with E-state index in [4.69, 9.17) is 16.6 Å². The molecule has 3 N–H and O–H groups in total. The lowest BCUT2D eigenvalue weighted by Gasteiger charge is -2.39. The van der Waals surface area contributed by atoms with E-state index in [0.717, 1.165) is 54.0 Å². The van der Waals surface area contributed by atoms with Crippen LogP contribution in [-0.2, 0) is 6.54 Å². The third kappa shape index (κ3) is 4.99. The van der Waals surface area contributed by atoms with Crippen molar-refractivity contribution in [1.82, 2.24) is 25.2 Å². The zero-order valence-corrected chi connectivity index (χ0v) is 21.9. The molecule has 0 amide bonds. The predicted octanol–water partition coefficient (Wildman–Crippen LogP) is 6.39. The van der Waals surface area contributed by atoms with Crippen LogP contribution in [0.3, 0.4) is 0 Å². The molecule has 3 heterocycles. The van der Waals surface area contributed by atoms with Crippen molar-refractivity contribution in [2.24, 2.45) is 0 Å². The van der Waals surface area contributed by atoms with E-state index in [9.17, 15) is 0 Å². The van der Waals surface area contributed by atoms with E-state index in [1.807, 2.05) is 6.20 Å². The number of nitrogens with zero attached hydrogens (tertiary/aromatic N) is 3. The highest BCUT2D eigenvalue weighted by Gasteiger charge is 2.27. The lowest BCUT2D eigenvalue weighted by atomic mass is 10.0. The van der Waals surface area contributed by atoms with E-state index in [0.29, 0.717) is 16.9 Å². The molecular weight excluding hydrogens is 468 g/mol. The van der Waals surface area contributed by atoms with Crippen molar-refractivity contribution in [1.29, 1.82) is 0 Å². The number of rotatable bonds is 6. The number of H-pyrrole nitrogens is 1. The largest absolute Gasteiger partial charge is 0.360 e. The van der Waals surface area contributed by atoms with Crippen LogP contribution < -0.4 is 10.6 Å². The minimum absolute atomic E-state index is 0.141. The van der Waals surface area contributed by atoms with Crippen LogP contribution >= 0.6 is 11.6 Å². The molecule has 1 aliphatic carbocycles. The summed E-state index contributed by atoms with van der Waals surface area (Å²) in [4.78, 5) is 15.3. The first-order chi connectivity index (χ1) is 17.3. The molecule has 6 rings (SSSR count). The molecule has 186 valence electrons. The Labute approximate surface area is 217 Å². The summed E-state index contributed by atoms with van der Waals surface area (Å²) in [5.41, 5.74) is 7.91. The Balaban J connectivity index is 1.29. The summed E-state index contributed by atoms with van der Waals surface area (Å²) in [6.07, 6.45) is 6.20. The molecule has 1 saturated heterocycles. The van der Waals surface area contributed by atoms with Crippen LogP contribution in [0.2, 0.25) is 5.02 Å². The van der Waals surface area contributed by atoms with E-state index in [1.165, 1.54) is 29.5 Å². The third-order valence-electron chi connectivity index (χ3n) is 7.21. The Hall–Kier alpha value is -2.93. The molecule has 2 aromatic carbocycles. The van der Waals surface area contributed by atoms with E-state index < -0.39 is 0 Å². The van der Waals surface area contributed by atoms with Gasteiger partial charge in [-0.05, 0) is 74.4 Å². The molecule has 0 radical (unpaired) electrons. The van der Waals surface area contributed by atoms with Gasteiger partial charge in [0.15, 0.2) is 0 Å². The van der Waals surface area contributed by atoms with Crippen LogP contribution in [-0.4, -0.2) is 45.0 Å². The Morgan fingerprint density at radius 3 is 2.83 bits per heavy atom. The number of fused-ring (bicyclic) bond motifs is 1. The van der Waals surface area contributed by atoms with E-state index in [2.05, 4.69) is 82.7 Å². The van der Waals surface area contributed by atoms with Gasteiger partial charge >= 0.3 is 0 Å². The monoisotopic (exact) mass is 500 g/mol. The van der Waals surface area contributed by atoms with Crippen molar-refractivity contribution in [3.63, 3.8) is 0 Å². The van der Waals surface area contributed by atoms with Gasteiger partial charge in [-0.1, -0.05) is 29.8 Å². The first-order valence-corrected chi connectivity index (χ1v) is 13.2. The fourth-order valence-electron chi connectivity index (χ4n) is 5.36. The summed E-state index contributed by atoms with van der Waals surface area (Å²) in [6.45, 7) is 10.7. The van der Waals surface area contributed by atoms with Crippen molar-refractivity contribution in [3.8, 4) is 11.3 Å². The number of hydrogen-bond acceptors (Lipinski definition) is 5. The highest BCUT2D eigenvalue weighted by molar-refractivity contribution is 6.33. The molecule has 0 bridgehead atoms. The Morgan fingerprint density at radius 2 is 2.03 bits per heavy atom. The molecule has 6 nitrogen and oxygen atoms in total. The van der Waals surface area contributed by atoms with Gasteiger partial charge < -0.3 is 15.6 Å². The van der Waals surface area contributed by atoms with Crippen LogP contribution in [0.15, 0.2) is 48.8 Å².